The second-order valence-corrected chi connectivity index (χ2v) is 5.10. The van der Waals surface area contributed by atoms with Crippen molar-refractivity contribution in [1.29, 1.82) is 0 Å². The van der Waals surface area contributed by atoms with Gasteiger partial charge < -0.3 is 15.2 Å². The minimum atomic E-state index is -0.291. The van der Waals surface area contributed by atoms with E-state index >= 15 is 0 Å². The number of anilines is 1. The van der Waals surface area contributed by atoms with Crippen molar-refractivity contribution in [3.05, 3.63) is 66.1 Å². The van der Waals surface area contributed by atoms with Gasteiger partial charge in [-0.2, -0.15) is 0 Å². The number of aromatic nitrogens is 1. The van der Waals surface area contributed by atoms with Gasteiger partial charge in [0.2, 0.25) is 0 Å². The SMILES string of the molecule is Cn1cc(NC(=O)NCc2ccc(F)cc2)c2ccccc21. The Morgan fingerprint density at radius 1 is 1.14 bits per heavy atom. The topological polar surface area (TPSA) is 46.1 Å². The van der Waals surface area contributed by atoms with Crippen molar-refractivity contribution in [2.24, 2.45) is 7.05 Å². The summed E-state index contributed by atoms with van der Waals surface area (Å²) in [6.07, 6.45) is 1.88. The number of rotatable bonds is 3. The highest BCUT2D eigenvalue weighted by Crippen LogP contribution is 2.24. The van der Waals surface area contributed by atoms with Crippen molar-refractivity contribution in [2.75, 3.05) is 5.32 Å². The lowest BCUT2D eigenvalue weighted by Gasteiger charge is -2.07. The fourth-order valence-electron chi connectivity index (χ4n) is 2.39. The Bertz CT molecular complexity index is 808. The van der Waals surface area contributed by atoms with Crippen molar-refractivity contribution in [1.82, 2.24) is 9.88 Å². The van der Waals surface area contributed by atoms with Crippen LogP contribution in [0.15, 0.2) is 54.7 Å². The highest BCUT2D eigenvalue weighted by molar-refractivity contribution is 6.01. The molecule has 0 unspecified atom stereocenters. The van der Waals surface area contributed by atoms with E-state index in [1.807, 2.05) is 42.1 Å². The van der Waals surface area contributed by atoms with Crippen LogP contribution in [0.4, 0.5) is 14.9 Å². The molecule has 2 amide bonds. The van der Waals surface area contributed by atoms with E-state index in [1.54, 1.807) is 12.1 Å². The molecule has 0 spiro atoms. The van der Waals surface area contributed by atoms with Crippen molar-refractivity contribution >= 4 is 22.6 Å². The molecule has 0 atom stereocenters. The molecule has 0 fully saturated rings. The third kappa shape index (κ3) is 2.93. The van der Waals surface area contributed by atoms with Crippen molar-refractivity contribution in [3.63, 3.8) is 0 Å². The molecule has 0 aliphatic heterocycles. The van der Waals surface area contributed by atoms with E-state index in [4.69, 9.17) is 0 Å². The zero-order valence-electron chi connectivity index (χ0n) is 12.1. The zero-order chi connectivity index (χ0) is 15.5. The normalized spacial score (nSPS) is 10.6. The minimum Gasteiger partial charge on any atom is -0.348 e. The first-order valence-corrected chi connectivity index (χ1v) is 6.97. The van der Waals surface area contributed by atoms with E-state index in [9.17, 15) is 9.18 Å². The van der Waals surface area contributed by atoms with E-state index in [2.05, 4.69) is 10.6 Å². The molecule has 0 radical (unpaired) electrons. The van der Waals surface area contributed by atoms with Crippen LogP contribution in [0.3, 0.4) is 0 Å². The van der Waals surface area contributed by atoms with Crippen molar-refractivity contribution in [3.8, 4) is 0 Å². The predicted octanol–water partition coefficient (Wildman–Crippen LogP) is 3.64. The van der Waals surface area contributed by atoms with Gasteiger partial charge in [-0.05, 0) is 23.8 Å². The van der Waals surface area contributed by atoms with E-state index in [0.29, 0.717) is 6.54 Å². The summed E-state index contributed by atoms with van der Waals surface area (Å²) in [6.45, 7) is 0.344. The zero-order valence-corrected chi connectivity index (χ0v) is 12.1. The van der Waals surface area contributed by atoms with Gasteiger partial charge in [0, 0.05) is 30.7 Å². The second kappa shape index (κ2) is 5.89. The first kappa shape index (κ1) is 14.1. The molecule has 22 heavy (non-hydrogen) atoms. The maximum Gasteiger partial charge on any atom is 0.319 e. The van der Waals surface area contributed by atoms with Crippen LogP contribution >= 0.6 is 0 Å². The quantitative estimate of drug-likeness (QED) is 0.761. The largest absolute Gasteiger partial charge is 0.348 e. The number of halogens is 1. The fraction of sp³-hybridized carbons (Fsp3) is 0.118. The molecule has 1 heterocycles. The number of aryl methyl sites for hydroxylation is 1. The molecule has 3 rings (SSSR count). The lowest BCUT2D eigenvalue weighted by molar-refractivity contribution is 0.252. The third-order valence-electron chi connectivity index (χ3n) is 3.51. The van der Waals surface area contributed by atoms with Gasteiger partial charge in [0.1, 0.15) is 5.82 Å². The van der Waals surface area contributed by atoms with Crippen LogP contribution in [0.25, 0.3) is 10.9 Å². The molecule has 0 aliphatic carbocycles. The second-order valence-electron chi connectivity index (χ2n) is 5.10. The van der Waals surface area contributed by atoms with Crippen LogP contribution in [0.5, 0.6) is 0 Å². The molecule has 4 nitrogen and oxygen atoms in total. The number of benzene rings is 2. The Morgan fingerprint density at radius 2 is 1.86 bits per heavy atom. The number of nitrogens with zero attached hydrogens (tertiary/aromatic N) is 1. The Labute approximate surface area is 127 Å². The Kier molecular flexibility index (Phi) is 3.78. The Morgan fingerprint density at radius 3 is 2.64 bits per heavy atom. The molecule has 0 saturated heterocycles. The smallest absolute Gasteiger partial charge is 0.319 e. The summed E-state index contributed by atoms with van der Waals surface area (Å²) < 4.78 is 14.8. The van der Waals surface area contributed by atoms with Gasteiger partial charge in [0.05, 0.1) is 5.69 Å². The number of hydrogen-bond donors (Lipinski definition) is 2. The summed E-state index contributed by atoms with van der Waals surface area (Å²) in [6, 6.07) is 13.6. The molecule has 2 N–H and O–H groups in total. The first-order valence-electron chi connectivity index (χ1n) is 6.97. The van der Waals surface area contributed by atoms with Gasteiger partial charge in [-0.3, -0.25) is 0 Å². The highest BCUT2D eigenvalue weighted by Gasteiger charge is 2.08. The standard InChI is InChI=1S/C17H16FN3O/c1-21-11-15(14-4-2-3-5-16(14)21)20-17(22)19-10-12-6-8-13(18)9-7-12/h2-9,11H,10H2,1H3,(H2,19,20,22). The maximum atomic E-state index is 12.8. The van der Waals surface area contributed by atoms with E-state index in [-0.39, 0.29) is 11.8 Å². The molecule has 0 bridgehead atoms. The molecular weight excluding hydrogens is 281 g/mol. The summed E-state index contributed by atoms with van der Waals surface area (Å²) in [5.41, 5.74) is 2.65. The lowest BCUT2D eigenvalue weighted by Crippen LogP contribution is -2.28. The fourth-order valence-corrected chi connectivity index (χ4v) is 2.39. The number of urea groups is 1. The van der Waals surface area contributed by atoms with Gasteiger partial charge in [0.25, 0.3) is 0 Å². The van der Waals surface area contributed by atoms with Crippen LogP contribution in [-0.4, -0.2) is 10.6 Å². The molecular formula is C17H16FN3O. The van der Waals surface area contributed by atoms with Gasteiger partial charge in [-0.15, -0.1) is 0 Å². The number of carbonyl (C=O) groups excluding carboxylic acids is 1. The number of carbonyl (C=O) groups is 1. The van der Waals surface area contributed by atoms with E-state index in [1.165, 1.54) is 12.1 Å². The number of fused-ring (bicyclic) bond motifs is 1. The Hall–Kier alpha value is -2.82. The van der Waals surface area contributed by atoms with E-state index < -0.39 is 0 Å². The Balaban J connectivity index is 1.67. The van der Waals surface area contributed by atoms with Gasteiger partial charge in [-0.25, -0.2) is 9.18 Å². The molecule has 3 aromatic rings. The number of para-hydroxylation sites is 1. The van der Waals surface area contributed by atoms with Gasteiger partial charge in [0.15, 0.2) is 0 Å². The molecule has 2 aromatic carbocycles. The summed E-state index contributed by atoms with van der Waals surface area (Å²) >= 11 is 0. The molecule has 0 saturated carbocycles. The summed E-state index contributed by atoms with van der Waals surface area (Å²) in [7, 11) is 1.93. The average Bonchev–Trinajstić information content (AvgIpc) is 2.83. The number of nitrogens with one attached hydrogen (secondary N) is 2. The molecule has 112 valence electrons. The van der Waals surface area contributed by atoms with Crippen LogP contribution in [0.2, 0.25) is 0 Å². The summed E-state index contributed by atoms with van der Waals surface area (Å²) in [5.74, 6) is -0.288. The van der Waals surface area contributed by atoms with Crippen molar-refractivity contribution < 1.29 is 9.18 Å². The number of hydrogen-bond acceptors (Lipinski definition) is 1. The predicted molar refractivity (Wildman–Crippen MR) is 85.2 cm³/mol. The summed E-state index contributed by atoms with van der Waals surface area (Å²) in [4.78, 5) is 12.0. The average molecular weight is 297 g/mol. The lowest BCUT2D eigenvalue weighted by atomic mass is 10.2. The van der Waals surface area contributed by atoms with Crippen LogP contribution in [0.1, 0.15) is 5.56 Å². The highest BCUT2D eigenvalue weighted by atomic mass is 19.1. The first-order chi connectivity index (χ1) is 10.6. The molecule has 5 heteroatoms. The molecule has 1 aromatic heterocycles. The van der Waals surface area contributed by atoms with Crippen LogP contribution in [-0.2, 0) is 13.6 Å². The van der Waals surface area contributed by atoms with Gasteiger partial charge in [-0.1, -0.05) is 30.3 Å². The minimum absolute atomic E-state index is 0.288. The van der Waals surface area contributed by atoms with Gasteiger partial charge >= 0.3 is 6.03 Å². The van der Waals surface area contributed by atoms with E-state index in [0.717, 1.165) is 22.2 Å². The third-order valence-corrected chi connectivity index (χ3v) is 3.51. The van der Waals surface area contributed by atoms with Crippen molar-refractivity contribution in [2.45, 2.75) is 6.54 Å². The van der Waals surface area contributed by atoms with Crippen LogP contribution < -0.4 is 10.6 Å². The summed E-state index contributed by atoms with van der Waals surface area (Å²) in [5, 5.41) is 6.59. The number of amides is 2. The van der Waals surface area contributed by atoms with Crippen LogP contribution in [0, 0.1) is 5.82 Å². The maximum absolute atomic E-state index is 12.8. The monoisotopic (exact) mass is 297 g/mol. The molecule has 0 aliphatic rings.